The van der Waals surface area contributed by atoms with Gasteiger partial charge in [-0.15, -0.1) is 10.2 Å². The number of thiocarbonyl (C=S) groups is 1. The van der Waals surface area contributed by atoms with Crippen LogP contribution in [0.25, 0.3) is 11.7 Å². The Bertz CT molecular complexity index is 607. The van der Waals surface area contributed by atoms with E-state index in [2.05, 4.69) is 31.0 Å². The van der Waals surface area contributed by atoms with Crippen LogP contribution in [-0.4, -0.2) is 32.5 Å². The predicted molar refractivity (Wildman–Crippen MR) is 84.4 cm³/mol. The minimum atomic E-state index is 0.387. The van der Waals surface area contributed by atoms with Crippen molar-refractivity contribution in [1.29, 1.82) is 0 Å². The zero-order valence-electron chi connectivity index (χ0n) is 10.5. The first kappa shape index (κ1) is 14.1. The molecule has 0 spiro atoms. The van der Waals surface area contributed by atoms with Crippen molar-refractivity contribution in [3.8, 4) is 11.7 Å². The van der Waals surface area contributed by atoms with Crippen molar-refractivity contribution in [2.75, 3.05) is 13.1 Å². The van der Waals surface area contributed by atoms with Crippen LogP contribution in [0.15, 0.2) is 25.6 Å². The fourth-order valence-corrected chi connectivity index (χ4v) is 3.35. The number of halogens is 1. The molecule has 20 heavy (non-hydrogen) atoms. The van der Waals surface area contributed by atoms with Gasteiger partial charge in [-0.05, 0) is 40.9 Å². The van der Waals surface area contributed by atoms with Gasteiger partial charge < -0.3 is 13.7 Å². The number of aromatic nitrogens is 2. The maximum absolute atomic E-state index is 5.56. The Morgan fingerprint density at radius 2 is 2.10 bits per heavy atom. The average molecular weight is 374 g/mol. The first-order chi connectivity index (χ1) is 9.72. The minimum Gasteiger partial charge on any atom is -0.444 e. The number of likely N-dealkylation sites (tertiary alicyclic amines) is 1. The molecule has 1 fully saturated rings. The van der Waals surface area contributed by atoms with E-state index in [4.69, 9.17) is 21.1 Å². The SMILES string of the molecule is S=C(SCc1nnc(-c2ccc(Br)o2)o1)N1CCCC1. The quantitative estimate of drug-likeness (QED) is 0.759. The highest BCUT2D eigenvalue weighted by atomic mass is 79.9. The molecule has 0 aromatic carbocycles. The lowest BCUT2D eigenvalue weighted by molar-refractivity contribution is 0.486. The molecule has 0 N–H and O–H groups in total. The summed E-state index contributed by atoms with van der Waals surface area (Å²) in [6.07, 6.45) is 2.44. The summed E-state index contributed by atoms with van der Waals surface area (Å²) in [6.45, 7) is 2.11. The van der Waals surface area contributed by atoms with Gasteiger partial charge in [0.1, 0.15) is 4.32 Å². The zero-order valence-corrected chi connectivity index (χ0v) is 13.8. The minimum absolute atomic E-state index is 0.387. The van der Waals surface area contributed by atoms with Crippen LogP contribution < -0.4 is 0 Å². The summed E-state index contributed by atoms with van der Waals surface area (Å²) >= 11 is 10.2. The van der Waals surface area contributed by atoms with Crippen LogP contribution in [0.2, 0.25) is 0 Å². The van der Waals surface area contributed by atoms with Gasteiger partial charge in [-0.3, -0.25) is 0 Å². The first-order valence-electron chi connectivity index (χ1n) is 6.22. The van der Waals surface area contributed by atoms with Crippen LogP contribution >= 0.6 is 39.9 Å². The Morgan fingerprint density at radius 3 is 2.80 bits per heavy atom. The third-order valence-corrected chi connectivity index (χ3v) is 4.87. The summed E-state index contributed by atoms with van der Waals surface area (Å²) in [6, 6.07) is 3.57. The highest BCUT2D eigenvalue weighted by Gasteiger charge is 2.17. The van der Waals surface area contributed by atoms with E-state index in [0.717, 1.165) is 17.4 Å². The second-order valence-corrected chi connectivity index (χ2v) is 6.74. The standard InChI is InChI=1S/C12H12BrN3O2S2/c13-9-4-3-8(17-9)11-15-14-10(18-11)7-20-12(19)16-5-1-2-6-16/h3-4H,1-2,5-7H2. The van der Waals surface area contributed by atoms with Gasteiger partial charge in [0.05, 0.1) is 5.75 Å². The molecule has 2 aromatic rings. The highest BCUT2D eigenvalue weighted by molar-refractivity contribution is 9.10. The first-order valence-corrected chi connectivity index (χ1v) is 8.41. The van der Waals surface area contributed by atoms with Gasteiger partial charge in [-0.2, -0.15) is 0 Å². The van der Waals surface area contributed by atoms with Gasteiger partial charge >= 0.3 is 0 Å². The number of rotatable bonds is 3. The summed E-state index contributed by atoms with van der Waals surface area (Å²) in [5, 5.41) is 7.98. The average Bonchev–Trinajstić information content (AvgIpc) is 3.16. The molecular weight excluding hydrogens is 362 g/mol. The van der Waals surface area contributed by atoms with Crippen molar-refractivity contribution < 1.29 is 8.83 Å². The van der Waals surface area contributed by atoms with Gasteiger partial charge in [-0.25, -0.2) is 0 Å². The Labute approximate surface area is 134 Å². The Morgan fingerprint density at radius 1 is 1.30 bits per heavy atom. The maximum atomic E-state index is 5.56. The summed E-state index contributed by atoms with van der Waals surface area (Å²) in [4.78, 5) is 2.22. The lowest BCUT2D eigenvalue weighted by Crippen LogP contribution is -2.23. The lowest BCUT2D eigenvalue weighted by atomic mass is 10.4. The fourth-order valence-electron chi connectivity index (χ4n) is 1.96. The van der Waals surface area contributed by atoms with Crippen molar-refractivity contribution in [2.24, 2.45) is 0 Å². The van der Waals surface area contributed by atoms with Gasteiger partial charge in [0.15, 0.2) is 10.4 Å². The van der Waals surface area contributed by atoms with Crippen LogP contribution in [0.1, 0.15) is 18.7 Å². The van der Waals surface area contributed by atoms with Crippen molar-refractivity contribution in [3.05, 3.63) is 22.7 Å². The topological polar surface area (TPSA) is 55.3 Å². The molecule has 5 nitrogen and oxygen atoms in total. The van der Waals surface area contributed by atoms with E-state index in [-0.39, 0.29) is 0 Å². The number of thioether (sulfide) groups is 1. The van der Waals surface area contributed by atoms with Crippen LogP contribution in [0.5, 0.6) is 0 Å². The molecule has 0 radical (unpaired) electrons. The molecule has 1 saturated heterocycles. The normalized spacial score (nSPS) is 14.9. The van der Waals surface area contributed by atoms with Crippen LogP contribution in [0.3, 0.4) is 0 Å². The third kappa shape index (κ3) is 3.24. The zero-order chi connectivity index (χ0) is 13.9. The maximum Gasteiger partial charge on any atom is 0.283 e. The van der Waals surface area contributed by atoms with E-state index < -0.39 is 0 Å². The number of hydrogen-bond donors (Lipinski definition) is 0. The Kier molecular flexibility index (Phi) is 4.42. The highest BCUT2D eigenvalue weighted by Crippen LogP contribution is 2.25. The molecule has 0 saturated carbocycles. The van der Waals surface area contributed by atoms with Gasteiger partial charge in [0.2, 0.25) is 5.89 Å². The summed E-state index contributed by atoms with van der Waals surface area (Å²) in [7, 11) is 0. The van der Waals surface area contributed by atoms with Crippen LogP contribution in [-0.2, 0) is 5.75 Å². The second kappa shape index (κ2) is 6.28. The molecule has 2 aromatic heterocycles. The van der Waals surface area contributed by atoms with Crippen molar-refractivity contribution in [2.45, 2.75) is 18.6 Å². The van der Waals surface area contributed by atoms with Crippen LogP contribution in [0, 0.1) is 0 Å². The Balaban J connectivity index is 1.58. The van der Waals surface area contributed by atoms with E-state index in [1.807, 2.05) is 0 Å². The predicted octanol–water partition coefficient (Wildman–Crippen LogP) is 3.71. The van der Waals surface area contributed by atoms with E-state index in [9.17, 15) is 0 Å². The van der Waals surface area contributed by atoms with Crippen molar-refractivity contribution in [3.63, 3.8) is 0 Å². The number of furan rings is 1. The number of hydrogen-bond acceptors (Lipinski definition) is 6. The molecule has 106 valence electrons. The molecule has 0 atom stereocenters. The van der Waals surface area contributed by atoms with Crippen LogP contribution in [0.4, 0.5) is 0 Å². The molecule has 3 heterocycles. The molecule has 1 aliphatic rings. The Hall–Kier alpha value is -0.860. The summed E-state index contributed by atoms with van der Waals surface area (Å²) in [5.41, 5.74) is 0. The molecular formula is C12H12BrN3O2S2. The number of nitrogens with zero attached hydrogens (tertiary/aromatic N) is 3. The summed E-state index contributed by atoms with van der Waals surface area (Å²) < 4.78 is 12.5. The van der Waals surface area contributed by atoms with Gasteiger partial charge in [0.25, 0.3) is 5.89 Å². The van der Waals surface area contributed by atoms with Gasteiger partial charge in [0, 0.05) is 13.1 Å². The molecule has 3 rings (SSSR count). The van der Waals surface area contributed by atoms with Crippen molar-refractivity contribution in [1.82, 2.24) is 15.1 Å². The molecule has 0 bridgehead atoms. The summed E-state index contributed by atoms with van der Waals surface area (Å²) in [5.74, 6) is 2.09. The molecule has 0 amide bonds. The van der Waals surface area contributed by atoms with E-state index in [1.165, 1.54) is 12.8 Å². The monoisotopic (exact) mass is 373 g/mol. The fraction of sp³-hybridized carbons (Fsp3) is 0.417. The molecule has 1 aliphatic heterocycles. The largest absolute Gasteiger partial charge is 0.444 e. The van der Waals surface area contributed by atoms with E-state index in [1.54, 1.807) is 23.9 Å². The second-order valence-electron chi connectivity index (χ2n) is 4.35. The molecule has 0 unspecified atom stereocenters. The van der Waals surface area contributed by atoms with E-state index in [0.29, 0.717) is 28.0 Å². The van der Waals surface area contributed by atoms with E-state index >= 15 is 0 Å². The smallest absolute Gasteiger partial charge is 0.283 e. The van der Waals surface area contributed by atoms with Gasteiger partial charge in [-0.1, -0.05) is 24.0 Å². The third-order valence-electron chi connectivity index (χ3n) is 2.93. The van der Waals surface area contributed by atoms with Crippen molar-refractivity contribution >= 4 is 44.2 Å². The lowest BCUT2D eigenvalue weighted by Gasteiger charge is -2.16. The molecule has 8 heteroatoms. The molecule has 0 aliphatic carbocycles.